The molecule has 18 heavy (non-hydrogen) atoms. The molecule has 0 unspecified atom stereocenters. The molecule has 2 aromatic rings. The van der Waals surface area contributed by atoms with Crippen molar-refractivity contribution in [3.8, 4) is 0 Å². The van der Waals surface area contributed by atoms with E-state index in [2.05, 4.69) is 4.90 Å². The van der Waals surface area contributed by atoms with Crippen molar-refractivity contribution in [3.05, 3.63) is 58.9 Å². The molecule has 0 radical (unpaired) electrons. The maximum absolute atomic E-state index is 13.9. The average molecular weight is 242 g/mol. The van der Waals surface area contributed by atoms with E-state index >= 15 is 0 Å². The molecule has 0 saturated carbocycles. The highest BCUT2D eigenvalue weighted by atomic mass is 19.1. The first kappa shape index (κ1) is 11.1. The van der Waals surface area contributed by atoms with Crippen LogP contribution in [0.25, 0.3) is 0 Å². The summed E-state index contributed by atoms with van der Waals surface area (Å²) in [5, 5.41) is 0. The number of rotatable bonds is 1. The number of nitrogen functional groups attached to an aromatic ring is 1. The highest BCUT2D eigenvalue weighted by molar-refractivity contribution is 5.59. The highest BCUT2D eigenvalue weighted by Gasteiger charge is 2.22. The molecular formula is C15H15FN2. The van der Waals surface area contributed by atoms with Gasteiger partial charge in [-0.15, -0.1) is 0 Å². The van der Waals surface area contributed by atoms with Crippen molar-refractivity contribution < 1.29 is 4.39 Å². The van der Waals surface area contributed by atoms with Gasteiger partial charge < -0.3 is 10.6 Å². The molecule has 0 spiro atoms. The molecule has 0 fully saturated rings. The van der Waals surface area contributed by atoms with Crippen LogP contribution >= 0.6 is 0 Å². The topological polar surface area (TPSA) is 29.3 Å². The van der Waals surface area contributed by atoms with E-state index in [-0.39, 0.29) is 5.82 Å². The van der Waals surface area contributed by atoms with Crippen molar-refractivity contribution in [1.29, 1.82) is 0 Å². The van der Waals surface area contributed by atoms with Crippen LogP contribution < -0.4 is 10.6 Å². The number of hydrogen-bond acceptors (Lipinski definition) is 2. The van der Waals surface area contributed by atoms with Gasteiger partial charge in [0.2, 0.25) is 0 Å². The smallest absolute Gasteiger partial charge is 0.146 e. The molecule has 0 saturated heterocycles. The number of hydrogen-bond donors (Lipinski definition) is 1. The Bertz CT molecular complexity index is 587. The fourth-order valence-corrected chi connectivity index (χ4v) is 2.60. The van der Waals surface area contributed by atoms with E-state index in [1.807, 2.05) is 31.2 Å². The standard InChI is InChI=1S/C15H15FN2/c1-10-3-2-4-14(16)15(10)18-8-11-5-6-13(17)7-12(11)9-18/h2-7H,8-9,17H2,1H3. The first-order chi connectivity index (χ1) is 8.65. The summed E-state index contributed by atoms with van der Waals surface area (Å²) in [5.74, 6) is -0.157. The van der Waals surface area contributed by atoms with E-state index in [4.69, 9.17) is 5.73 Å². The summed E-state index contributed by atoms with van der Waals surface area (Å²) in [6.07, 6.45) is 0. The van der Waals surface area contributed by atoms with Gasteiger partial charge in [-0.3, -0.25) is 0 Å². The van der Waals surface area contributed by atoms with Gasteiger partial charge in [0.1, 0.15) is 5.82 Å². The summed E-state index contributed by atoms with van der Waals surface area (Å²) >= 11 is 0. The van der Waals surface area contributed by atoms with Crippen LogP contribution in [0.5, 0.6) is 0 Å². The van der Waals surface area contributed by atoms with E-state index in [9.17, 15) is 4.39 Å². The second kappa shape index (κ2) is 4.02. The molecule has 2 N–H and O–H groups in total. The Morgan fingerprint density at radius 2 is 1.89 bits per heavy atom. The van der Waals surface area contributed by atoms with Crippen LogP contribution in [0.1, 0.15) is 16.7 Å². The molecule has 0 aliphatic carbocycles. The van der Waals surface area contributed by atoms with Gasteiger partial charge in [-0.25, -0.2) is 4.39 Å². The van der Waals surface area contributed by atoms with Crippen LogP contribution in [-0.4, -0.2) is 0 Å². The van der Waals surface area contributed by atoms with Crippen molar-refractivity contribution in [2.75, 3.05) is 10.6 Å². The third-order valence-electron chi connectivity index (χ3n) is 3.46. The van der Waals surface area contributed by atoms with E-state index < -0.39 is 0 Å². The number of anilines is 2. The quantitative estimate of drug-likeness (QED) is 0.778. The molecule has 1 heterocycles. The van der Waals surface area contributed by atoms with E-state index in [1.54, 1.807) is 6.07 Å². The summed E-state index contributed by atoms with van der Waals surface area (Å²) < 4.78 is 13.9. The Kier molecular flexibility index (Phi) is 2.47. The van der Waals surface area contributed by atoms with Gasteiger partial charge in [-0.1, -0.05) is 18.2 Å². The molecule has 92 valence electrons. The minimum atomic E-state index is -0.157. The number of fused-ring (bicyclic) bond motifs is 1. The maximum Gasteiger partial charge on any atom is 0.146 e. The fourth-order valence-electron chi connectivity index (χ4n) is 2.60. The molecule has 1 aliphatic heterocycles. The Labute approximate surface area is 106 Å². The summed E-state index contributed by atoms with van der Waals surface area (Å²) in [6.45, 7) is 3.41. The van der Waals surface area contributed by atoms with Crippen LogP contribution in [-0.2, 0) is 13.1 Å². The molecule has 2 nitrogen and oxygen atoms in total. The predicted octanol–water partition coefficient (Wildman–Crippen LogP) is 3.24. The van der Waals surface area contributed by atoms with Gasteiger partial charge in [0.05, 0.1) is 5.69 Å². The molecular weight excluding hydrogens is 227 g/mol. The van der Waals surface area contributed by atoms with Crippen LogP contribution in [0, 0.1) is 12.7 Å². The highest BCUT2D eigenvalue weighted by Crippen LogP contribution is 2.33. The lowest BCUT2D eigenvalue weighted by molar-refractivity contribution is 0.618. The average Bonchev–Trinajstić information content (AvgIpc) is 2.71. The van der Waals surface area contributed by atoms with Crippen molar-refractivity contribution >= 4 is 11.4 Å². The van der Waals surface area contributed by atoms with E-state index in [0.29, 0.717) is 5.69 Å². The number of para-hydroxylation sites is 1. The monoisotopic (exact) mass is 242 g/mol. The molecule has 0 bridgehead atoms. The largest absolute Gasteiger partial charge is 0.399 e. The molecule has 3 rings (SSSR count). The zero-order valence-electron chi connectivity index (χ0n) is 10.3. The van der Waals surface area contributed by atoms with Crippen molar-refractivity contribution in [2.45, 2.75) is 20.0 Å². The summed E-state index contributed by atoms with van der Waals surface area (Å²) in [5.41, 5.74) is 10.6. The SMILES string of the molecule is Cc1cccc(F)c1N1Cc2ccc(N)cc2C1. The molecule has 0 aromatic heterocycles. The predicted molar refractivity (Wildman–Crippen MR) is 71.9 cm³/mol. The van der Waals surface area contributed by atoms with Crippen molar-refractivity contribution in [2.24, 2.45) is 0 Å². The van der Waals surface area contributed by atoms with Gasteiger partial charge in [0, 0.05) is 18.8 Å². The van der Waals surface area contributed by atoms with Crippen LogP contribution in [0.3, 0.4) is 0 Å². The number of halogens is 1. The normalized spacial score (nSPS) is 13.8. The first-order valence-electron chi connectivity index (χ1n) is 6.02. The van der Waals surface area contributed by atoms with Crippen LogP contribution in [0.2, 0.25) is 0 Å². The molecule has 0 atom stereocenters. The Balaban J connectivity index is 1.99. The lowest BCUT2D eigenvalue weighted by atomic mass is 10.1. The third-order valence-corrected chi connectivity index (χ3v) is 3.46. The fraction of sp³-hybridized carbons (Fsp3) is 0.200. The molecule has 1 aliphatic rings. The minimum Gasteiger partial charge on any atom is -0.399 e. The van der Waals surface area contributed by atoms with Crippen molar-refractivity contribution in [1.82, 2.24) is 0 Å². The maximum atomic E-state index is 13.9. The lowest BCUT2D eigenvalue weighted by Gasteiger charge is -2.20. The lowest BCUT2D eigenvalue weighted by Crippen LogP contribution is -2.17. The number of nitrogens with two attached hydrogens (primary N) is 1. The van der Waals surface area contributed by atoms with Gasteiger partial charge in [0.25, 0.3) is 0 Å². The molecule has 2 aromatic carbocycles. The third kappa shape index (κ3) is 1.72. The van der Waals surface area contributed by atoms with E-state index in [0.717, 1.165) is 24.3 Å². The summed E-state index contributed by atoms with van der Waals surface area (Å²) in [6, 6.07) is 11.1. The Morgan fingerprint density at radius 1 is 1.11 bits per heavy atom. The van der Waals surface area contributed by atoms with E-state index in [1.165, 1.54) is 17.2 Å². The second-order valence-electron chi connectivity index (χ2n) is 4.79. The van der Waals surface area contributed by atoms with Crippen LogP contribution in [0.4, 0.5) is 15.8 Å². The Hall–Kier alpha value is -2.03. The van der Waals surface area contributed by atoms with Gasteiger partial charge in [-0.2, -0.15) is 0 Å². The van der Waals surface area contributed by atoms with Crippen molar-refractivity contribution in [3.63, 3.8) is 0 Å². The molecule has 0 amide bonds. The zero-order chi connectivity index (χ0) is 12.7. The minimum absolute atomic E-state index is 0.157. The Morgan fingerprint density at radius 3 is 2.67 bits per heavy atom. The van der Waals surface area contributed by atoms with Crippen LogP contribution in [0.15, 0.2) is 36.4 Å². The molecule has 3 heteroatoms. The van der Waals surface area contributed by atoms with Gasteiger partial charge >= 0.3 is 0 Å². The van der Waals surface area contributed by atoms with Gasteiger partial charge in [-0.05, 0) is 41.8 Å². The zero-order valence-corrected chi connectivity index (χ0v) is 10.3. The summed E-state index contributed by atoms with van der Waals surface area (Å²) in [7, 11) is 0. The van der Waals surface area contributed by atoms with Gasteiger partial charge in [0.15, 0.2) is 0 Å². The second-order valence-corrected chi connectivity index (χ2v) is 4.79. The number of nitrogens with zero attached hydrogens (tertiary/aromatic N) is 1. The number of benzene rings is 2. The summed E-state index contributed by atoms with van der Waals surface area (Å²) in [4.78, 5) is 2.06. The first-order valence-corrected chi connectivity index (χ1v) is 6.02. The number of aryl methyl sites for hydroxylation is 1.